The SMILES string of the molecule is Cc1oc2nc1C(=O)NCCCC[C@H](NC(=O)c1ccccc1)C(=O)N[C@H](Cc1c[nH]c3ccccc13)C(=O)N[C@@H]2C. The Balaban J connectivity index is 1.44. The number of aromatic amines is 1. The summed E-state index contributed by atoms with van der Waals surface area (Å²) < 4.78 is 5.72. The minimum Gasteiger partial charge on any atom is -0.443 e. The van der Waals surface area contributed by atoms with Crippen molar-refractivity contribution in [1.82, 2.24) is 31.2 Å². The number of hydrogen-bond donors (Lipinski definition) is 5. The zero-order valence-electron chi connectivity index (χ0n) is 23.5. The van der Waals surface area contributed by atoms with E-state index in [1.165, 1.54) is 0 Å². The second kappa shape index (κ2) is 12.7. The minimum atomic E-state index is -0.970. The Morgan fingerprint density at radius 3 is 2.57 bits per heavy atom. The van der Waals surface area contributed by atoms with E-state index in [4.69, 9.17) is 4.42 Å². The minimum absolute atomic E-state index is 0.162. The molecule has 2 aromatic heterocycles. The van der Waals surface area contributed by atoms with Gasteiger partial charge in [-0.15, -0.1) is 0 Å². The molecule has 2 aromatic carbocycles. The Bertz CT molecular complexity index is 1590. The van der Waals surface area contributed by atoms with Crippen molar-refractivity contribution in [2.75, 3.05) is 6.54 Å². The van der Waals surface area contributed by atoms with Crippen molar-refractivity contribution < 1.29 is 23.6 Å². The summed E-state index contributed by atoms with van der Waals surface area (Å²) in [5.74, 6) is -1.17. The van der Waals surface area contributed by atoms with Crippen LogP contribution in [0.15, 0.2) is 65.2 Å². The first-order chi connectivity index (χ1) is 20.3. The van der Waals surface area contributed by atoms with Gasteiger partial charge in [0.25, 0.3) is 11.8 Å². The van der Waals surface area contributed by atoms with E-state index in [2.05, 4.69) is 31.2 Å². The lowest BCUT2D eigenvalue weighted by Crippen LogP contribution is -2.54. The van der Waals surface area contributed by atoms with Crippen LogP contribution < -0.4 is 21.3 Å². The quantitative estimate of drug-likeness (QED) is 0.254. The Labute approximate surface area is 242 Å². The van der Waals surface area contributed by atoms with Gasteiger partial charge >= 0.3 is 0 Å². The number of fused-ring (bicyclic) bond motifs is 3. The molecule has 11 heteroatoms. The van der Waals surface area contributed by atoms with Crippen LogP contribution in [-0.4, -0.2) is 52.2 Å². The molecule has 0 spiro atoms. The molecule has 0 unspecified atom stereocenters. The van der Waals surface area contributed by atoms with Crippen molar-refractivity contribution in [3.63, 3.8) is 0 Å². The molecule has 218 valence electrons. The van der Waals surface area contributed by atoms with E-state index in [-0.39, 0.29) is 29.8 Å². The summed E-state index contributed by atoms with van der Waals surface area (Å²) in [5, 5.41) is 12.4. The molecule has 0 saturated carbocycles. The van der Waals surface area contributed by atoms with Crippen LogP contribution in [0, 0.1) is 6.92 Å². The fraction of sp³-hybridized carbons (Fsp3) is 0.323. The molecule has 5 rings (SSSR count). The highest BCUT2D eigenvalue weighted by atomic mass is 16.4. The molecular formula is C31H34N6O5. The Hall–Kier alpha value is -4.93. The van der Waals surface area contributed by atoms with E-state index in [0.29, 0.717) is 37.1 Å². The van der Waals surface area contributed by atoms with Gasteiger partial charge in [0.15, 0.2) is 5.69 Å². The second-order valence-electron chi connectivity index (χ2n) is 10.5. The highest BCUT2D eigenvalue weighted by molar-refractivity contribution is 5.98. The normalized spacial score (nSPS) is 20.4. The summed E-state index contributed by atoms with van der Waals surface area (Å²) in [6.07, 6.45) is 3.43. The van der Waals surface area contributed by atoms with Gasteiger partial charge in [-0.2, -0.15) is 0 Å². The topological polar surface area (TPSA) is 158 Å². The van der Waals surface area contributed by atoms with Gasteiger partial charge in [-0.05, 0) is 56.9 Å². The third-order valence-corrected chi connectivity index (χ3v) is 7.35. The first-order valence-electron chi connectivity index (χ1n) is 14.1. The average Bonchev–Trinajstić information content (AvgIpc) is 3.59. The monoisotopic (exact) mass is 570 g/mol. The number of H-pyrrole nitrogens is 1. The highest BCUT2D eigenvalue weighted by Gasteiger charge is 2.30. The maximum absolute atomic E-state index is 13.7. The van der Waals surface area contributed by atoms with Gasteiger partial charge in [0.1, 0.15) is 23.9 Å². The number of amides is 4. The van der Waals surface area contributed by atoms with Crippen molar-refractivity contribution in [2.24, 2.45) is 0 Å². The first kappa shape index (κ1) is 28.6. The van der Waals surface area contributed by atoms with Gasteiger partial charge in [0, 0.05) is 35.6 Å². The number of aromatic nitrogens is 2. The summed E-state index contributed by atoms with van der Waals surface area (Å²) in [7, 11) is 0. The van der Waals surface area contributed by atoms with Crippen LogP contribution in [0.3, 0.4) is 0 Å². The third kappa shape index (κ3) is 6.51. The molecule has 0 radical (unpaired) electrons. The third-order valence-electron chi connectivity index (χ3n) is 7.35. The van der Waals surface area contributed by atoms with Crippen LogP contribution >= 0.6 is 0 Å². The number of nitrogens with one attached hydrogen (secondary N) is 5. The Kier molecular flexibility index (Phi) is 8.66. The summed E-state index contributed by atoms with van der Waals surface area (Å²) in [5.41, 5.74) is 2.35. The number of carbonyl (C=O) groups is 4. The molecule has 3 heterocycles. The molecule has 4 amide bonds. The summed E-state index contributed by atoms with van der Waals surface area (Å²) in [6, 6.07) is 13.8. The van der Waals surface area contributed by atoms with Gasteiger partial charge in [-0.3, -0.25) is 19.2 Å². The Morgan fingerprint density at radius 2 is 1.76 bits per heavy atom. The van der Waals surface area contributed by atoms with Gasteiger partial charge < -0.3 is 30.7 Å². The second-order valence-corrected chi connectivity index (χ2v) is 10.5. The zero-order valence-corrected chi connectivity index (χ0v) is 23.5. The molecule has 5 N–H and O–H groups in total. The lowest BCUT2D eigenvalue weighted by molar-refractivity contribution is -0.130. The van der Waals surface area contributed by atoms with E-state index in [1.807, 2.05) is 30.5 Å². The fourth-order valence-corrected chi connectivity index (χ4v) is 5.05. The van der Waals surface area contributed by atoms with E-state index in [1.54, 1.807) is 44.2 Å². The van der Waals surface area contributed by atoms with Crippen molar-refractivity contribution in [3.8, 4) is 0 Å². The molecule has 11 nitrogen and oxygen atoms in total. The van der Waals surface area contributed by atoms with Crippen LogP contribution in [0.4, 0.5) is 0 Å². The lowest BCUT2D eigenvalue weighted by Gasteiger charge is -2.24. The lowest BCUT2D eigenvalue weighted by atomic mass is 10.0. The number of benzene rings is 2. The van der Waals surface area contributed by atoms with Gasteiger partial charge in [0.2, 0.25) is 17.7 Å². The number of rotatable bonds is 4. The van der Waals surface area contributed by atoms with E-state index >= 15 is 0 Å². The summed E-state index contributed by atoms with van der Waals surface area (Å²) in [6.45, 7) is 3.70. The predicted octanol–water partition coefficient (Wildman–Crippen LogP) is 3.08. The molecule has 1 aliphatic rings. The molecular weight excluding hydrogens is 536 g/mol. The van der Waals surface area contributed by atoms with Crippen LogP contribution in [-0.2, 0) is 16.0 Å². The Morgan fingerprint density at radius 1 is 1.00 bits per heavy atom. The molecule has 1 aliphatic heterocycles. The van der Waals surface area contributed by atoms with Crippen LogP contribution in [0.2, 0.25) is 0 Å². The smallest absolute Gasteiger partial charge is 0.273 e. The van der Waals surface area contributed by atoms with Crippen molar-refractivity contribution in [2.45, 2.75) is 57.7 Å². The van der Waals surface area contributed by atoms with Crippen molar-refractivity contribution in [1.29, 1.82) is 0 Å². The number of nitrogens with zero attached hydrogens (tertiary/aromatic N) is 1. The largest absolute Gasteiger partial charge is 0.443 e. The number of carbonyl (C=O) groups excluding carboxylic acids is 4. The molecule has 3 atom stereocenters. The van der Waals surface area contributed by atoms with E-state index < -0.39 is 29.9 Å². The number of oxazole rings is 1. The van der Waals surface area contributed by atoms with Crippen molar-refractivity contribution >= 4 is 34.5 Å². The maximum atomic E-state index is 13.7. The van der Waals surface area contributed by atoms with E-state index in [0.717, 1.165) is 16.5 Å². The standard InChI is InChI=1S/C31H34N6O5/c1-18-31-37-26(19(2)42-31)30(41)32-15-9-8-14-24(35-27(38)20-10-4-3-5-11-20)28(39)36-25(29(40)34-18)16-21-17-33-23-13-7-6-12-22(21)23/h3-7,10-13,17-18,24-25,33H,8-9,14-16H2,1-2H3,(H,32,41)(H,34,40)(H,35,38)(H,36,39)/t18-,24+,25-/m1/s1. The highest BCUT2D eigenvalue weighted by Crippen LogP contribution is 2.21. The molecule has 0 aliphatic carbocycles. The van der Waals surface area contributed by atoms with E-state index in [9.17, 15) is 19.2 Å². The molecule has 2 bridgehead atoms. The fourth-order valence-electron chi connectivity index (χ4n) is 5.05. The van der Waals surface area contributed by atoms with Crippen molar-refractivity contribution in [3.05, 3.63) is 89.3 Å². The summed E-state index contributed by atoms with van der Waals surface area (Å²) >= 11 is 0. The molecule has 4 aromatic rings. The first-order valence-corrected chi connectivity index (χ1v) is 14.1. The number of para-hydroxylation sites is 1. The molecule has 0 fully saturated rings. The van der Waals surface area contributed by atoms with Crippen LogP contribution in [0.5, 0.6) is 0 Å². The van der Waals surface area contributed by atoms with Crippen LogP contribution in [0.25, 0.3) is 10.9 Å². The summed E-state index contributed by atoms with van der Waals surface area (Å²) in [4.78, 5) is 60.6. The number of aryl methyl sites for hydroxylation is 1. The number of hydrogen-bond acceptors (Lipinski definition) is 6. The van der Waals surface area contributed by atoms with Gasteiger partial charge in [-0.25, -0.2) is 4.98 Å². The molecule has 42 heavy (non-hydrogen) atoms. The molecule has 0 saturated heterocycles. The van der Waals surface area contributed by atoms with Gasteiger partial charge in [-0.1, -0.05) is 36.4 Å². The zero-order chi connectivity index (χ0) is 29.6. The van der Waals surface area contributed by atoms with Gasteiger partial charge in [0.05, 0.1) is 0 Å². The predicted molar refractivity (Wildman–Crippen MR) is 156 cm³/mol. The van der Waals surface area contributed by atoms with Crippen LogP contribution in [0.1, 0.15) is 70.3 Å². The maximum Gasteiger partial charge on any atom is 0.273 e. The average molecular weight is 571 g/mol.